The Hall–Kier alpha value is -4.42. The van der Waals surface area contributed by atoms with Crippen molar-refractivity contribution in [3.8, 4) is 44.5 Å². The molecule has 0 spiro atoms. The molecule has 1 aliphatic rings. The summed E-state index contributed by atoms with van der Waals surface area (Å²) in [7, 11) is 0. The molecule has 0 heterocycles. The summed E-state index contributed by atoms with van der Waals surface area (Å²) in [6.07, 6.45) is 0. The first-order valence-corrected chi connectivity index (χ1v) is 13.0. The van der Waals surface area contributed by atoms with Crippen molar-refractivity contribution in [2.24, 2.45) is 0 Å². The van der Waals surface area contributed by atoms with Crippen LogP contribution in [0.3, 0.4) is 0 Å². The maximum absolute atomic E-state index is 2.40. The van der Waals surface area contributed by atoms with E-state index in [1.54, 1.807) is 0 Å². The molecule has 0 unspecified atom stereocenters. The lowest BCUT2D eigenvalue weighted by atomic mass is 9.81. The molecule has 0 nitrogen and oxygen atoms in total. The third kappa shape index (κ3) is 3.44. The molecule has 0 saturated heterocycles. The number of fused-ring (bicyclic) bond motifs is 4. The molecule has 6 aromatic carbocycles. The molecule has 0 fully saturated rings. The molecule has 0 N–H and O–H groups in total. The van der Waals surface area contributed by atoms with Gasteiger partial charge in [0, 0.05) is 5.41 Å². The van der Waals surface area contributed by atoms with E-state index in [0.29, 0.717) is 0 Å². The molecule has 1 aliphatic carbocycles. The maximum Gasteiger partial charge on any atom is 0.0159 e. The Morgan fingerprint density at radius 1 is 0.351 bits per heavy atom. The van der Waals surface area contributed by atoms with Crippen LogP contribution in [0.25, 0.3) is 55.3 Å². The number of hydrogen-bond donors (Lipinski definition) is 0. The number of hydrogen-bond acceptors (Lipinski definition) is 0. The van der Waals surface area contributed by atoms with Gasteiger partial charge in [0.1, 0.15) is 0 Å². The van der Waals surface area contributed by atoms with Crippen LogP contribution in [0.4, 0.5) is 0 Å². The van der Waals surface area contributed by atoms with Gasteiger partial charge >= 0.3 is 0 Å². The summed E-state index contributed by atoms with van der Waals surface area (Å²) in [6, 6.07) is 48.8. The first-order chi connectivity index (χ1) is 18.1. The van der Waals surface area contributed by atoms with E-state index in [4.69, 9.17) is 0 Å². The third-order valence-corrected chi connectivity index (χ3v) is 8.12. The van der Waals surface area contributed by atoms with E-state index in [0.717, 1.165) is 0 Å². The number of rotatable bonds is 3. The van der Waals surface area contributed by atoms with Gasteiger partial charge in [-0.1, -0.05) is 141 Å². The minimum absolute atomic E-state index is 0.0152. The zero-order valence-electron chi connectivity index (χ0n) is 21.2. The predicted octanol–water partition coefficient (Wildman–Crippen LogP) is 10.1. The Bertz CT molecular complexity index is 1770. The van der Waals surface area contributed by atoms with Crippen LogP contribution in [0.1, 0.15) is 25.0 Å². The lowest BCUT2D eigenvalue weighted by Crippen LogP contribution is -2.14. The smallest absolute Gasteiger partial charge is 0.0159 e. The van der Waals surface area contributed by atoms with Crippen molar-refractivity contribution in [1.82, 2.24) is 0 Å². The fourth-order valence-corrected chi connectivity index (χ4v) is 6.15. The molecule has 0 atom stereocenters. The molecule has 0 radical (unpaired) electrons. The quantitative estimate of drug-likeness (QED) is 0.240. The Kier molecular flexibility index (Phi) is 4.91. The minimum Gasteiger partial charge on any atom is -0.0622 e. The molecule has 37 heavy (non-hydrogen) atoms. The SMILES string of the molecule is CC1(C)c2ccccc2-c2ccc(-c3ccc(-c4ccc(-c5ccccc5)c5ccccc45)cc3)cc21. The van der Waals surface area contributed by atoms with E-state index in [-0.39, 0.29) is 5.41 Å². The van der Waals surface area contributed by atoms with Gasteiger partial charge in [0.25, 0.3) is 0 Å². The largest absolute Gasteiger partial charge is 0.0622 e. The monoisotopic (exact) mass is 472 g/mol. The number of benzene rings is 6. The van der Waals surface area contributed by atoms with Crippen molar-refractivity contribution in [2.45, 2.75) is 19.3 Å². The van der Waals surface area contributed by atoms with Gasteiger partial charge in [-0.25, -0.2) is 0 Å². The van der Waals surface area contributed by atoms with E-state index in [9.17, 15) is 0 Å². The lowest BCUT2D eigenvalue weighted by Gasteiger charge is -2.22. The first-order valence-electron chi connectivity index (χ1n) is 13.0. The van der Waals surface area contributed by atoms with Crippen LogP contribution in [-0.2, 0) is 5.41 Å². The van der Waals surface area contributed by atoms with Gasteiger partial charge < -0.3 is 0 Å². The molecule has 0 saturated carbocycles. The van der Waals surface area contributed by atoms with E-state index in [1.807, 2.05) is 0 Å². The molecule has 0 bridgehead atoms. The normalized spacial score (nSPS) is 13.4. The molecular weight excluding hydrogens is 444 g/mol. The maximum atomic E-state index is 2.40. The molecule has 6 aromatic rings. The second kappa shape index (κ2) is 8.32. The molecule has 176 valence electrons. The Morgan fingerprint density at radius 2 is 0.838 bits per heavy atom. The van der Waals surface area contributed by atoms with Crippen LogP contribution in [0.15, 0.2) is 133 Å². The van der Waals surface area contributed by atoms with Gasteiger partial charge in [-0.05, 0) is 72.5 Å². The van der Waals surface area contributed by atoms with Crippen LogP contribution in [-0.4, -0.2) is 0 Å². The highest BCUT2D eigenvalue weighted by atomic mass is 14.4. The van der Waals surface area contributed by atoms with Gasteiger partial charge in [-0.3, -0.25) is 0 Å². The summed E-state index contributed by atoms with van der Waals surface area (Å²) in [6.45, 7) is 4.68. The van der Waals surface area contributed by atoms with E-state index < -0.39 is 0 Å². The highest BCUT2D eigenvalue weighted by Gasteiger charge is 2.35. The van der Waals surface area contributed by atoms with Crippen LogP contribution >= 0.6 is 0 Å². The van der Waals surface area contributed by atoms with Gasteiger partial charge in [0.2, 0.25) is 0 Å². The van der Waals surface area contributed by atoms with E-state index >= 15 is 0 Å². The summed E-state index contributed by atoms with van der Waals surface area (Å²) in [5, 5.41) is 2.57. The minimum atomic E-state index is 0.0152. The summed E-state index contributed by atoms with van der Waals surface area (Å²) < 4.78 is 0. The summed E-state index contributed by atoms with van der Waals surface area (Å²) in [5.74, 6) is 0. The lowest BCUT2D eigenvalue weighted by molar-refractivity contribution is 0.660. The Balaban J connectivity index is 1.28. The van der Waals surface area contributed by atoms with Crippen LogP contribution < -0.4 is 0 Å². The van der Waals surface area contributed by atoms with E-state index in [2.05, 4.69) is 147 Å². The molecule has 0 amide bonds. The summed E-state index contributed by atoms with van der Waals surface area (Å²) >= 11 is 0. The molecule has 7 rings (SSSR count). The summed E-state index contributed by atoms with van der Waals surface area (Å²) in [4.78, 5) is 0. The highest BCUT2D eigenvalue weighted by molar-refractivity contribution is 6.05. The predicted molar refractivity (Wildman–Crippen MR) is 158 cm³/mol. The average molecular weight is 473 g/mol. The second-order valence-corrected chi connectivity index (χ2v) is 10.6. The van der Waals surface area contributed by atoms with Gasteiger partial charge in [-0.2, -0.15) is 0 Å². The van der Waals surface area contributed by atoms with Crippen LogP contribution in [0, 0.1) is 0 Å². The fourth-order valence-electron chi connectivity index (χ4n) is 6.15. The average Bonchev–Trinajstić information content (AvgIpc) is 3.19. The van der Waals surface area contributed by atoms with Crippen molar-refractivity contribution in [3.63, 3.8) is 0 Å². The standard InChI is InChI=1S/C37H28/c1-37(2)35-15-9-8-14-33(35)34-21-20-28(24-36(34)37)25-16-18-27(19-17-25)30-23-22-29(26-10-4-3-5-11-26)31-12-6-7-13-32(30)31/h3-24H,1-2H3. The second-order valence-electron chi connectivity index (χ2n) is 10.6. The highest BCUT2D eigenvalue weighted by Crippen LogP contribution is 2.49. The van der Waals surface area contributed by atoms with Crippen molar-refractivity contribution in [2.75, 3.05) is 0 Å². The van der Waals surface area contributed by atoms with Gasteiger partial charge in [-0.15, -0.1) is 0 Å². The topological polar surface area (TPSA) is 0 Å². The Labute approximate surface area is 218 Å². The molecular formula is C37H28. The zero-order chi connectivity index (χ0) is 25.0. The van der Waals surface area contributed by atoms with Crippen molar-refractivity contribution < 1.29 is 0 Å². The Morgan fingerprint density at radius 3 is 1.54 bits per heavy atom. The first kappa shape index (κ1) is 21.8. The van der Waals surface area contributed by atoms with Crippen molar-refractivity contribution >= 4 is 10.8 Å². The van der Waals surface area contributed by atoms with Gasteiger partial charge in [0.05, 0.1) is 0 Å². The molecule has 0 heteroatoms. The third-order valence-electron chi connectivity index (χ3n) is 8.12. The van der Waals surface area contributed by atoms with Crippen molar-refractivity contribution in [3.05, 3.63) is 145 Å². The molecule has 0 aliphatic heterocycles. The van der Waals surface area contributed by atoms with Crippen LogP contribution in [0.5, 0.6) is 0 Å². The fraction of sp³-hybridized carbons (Fsp3) is 0.0811. The molecule has 0 aromatic heterocycles. The van der Waals surface area contributed by atoms with E-state index in [1.165, 1.54) is 66.4 Å². The summed E-state index contributed by atoms with van der Waals surface area (Å²) in [5.41, 5.74) is 13.2. The zero-order valence-corrected chi connectivity index (χ0v) is 21.2. The van der Waals surface area contributed by atoms with Gasteiger partial charge in [0.15, 0.2) is 0 Å². The van der Waals surface area contributed by atoms with Crippen LogP contribution in [0.2, 0.25) is 0 Å². The van der Waals surface area contributed by atoms with Crippen molar-refractivity contribution in [1.29, 1.82) is 0 Å².